The largest absolute Gasteiger partial charge is 0.480 e. The molecule has 4 atom stereocenters. The van der Waals surface area contributed by atoms with Crippen LogP contribution in [0.2, 0.25) is 5.02 Å². The molecule has 0 radical (unpaired) electrons. The van der Waals surface area contributed by atoms with Gasteiger partial charge in [0, 0.05) is 48.5 Å². The number of carbonyl (C=O) groups is 3. The first kappa shape index (κ1) is 21.9. The normalized spacial score (nSPS) is 25.0. The summed E-state index contributed by atoms with van der Waals surface area (Å²) in [6, 6.07) is 5.73. The summed E-state index contributed by atoms with van der Waals surface area (Å²) in [5.41, 5.74) is 0.823. The van der Waals surface area contributed by atoms with Crippen LogP contribution in [0, 0.1) is 0 Å². The molecule has 0 saturated carbocycles. The first-order chi connectivity index (χ1) is 13.8. The summed E-state index contributed by atoms with van der Waals surface area (Å²) >= 11 is 7.61. The Bertz CT molecular complexity index is 757. The molecule has 158 valence electrons. The summed E-state index contributed by atoms with van der Waals surface area (Å²) in [4.78, 5) is 37.8. The van der Waals surface area contributed by atoms with Gasteiger partial charge in [0.05, 0.1) is 12.1 Å². The lowest BCUT2D eigenvalue weighted by Gasteiger charge is -2.25. The van der Waals surface area contributed by atoms with Crippen LogP contribution in [0.4, 0.5) is 0 Å². The third-order valence-corrected chi connectivity index (χ3v) is 6.39. The molecule has 2 amide bonds. The summed E-state index contributed by atoms with van der Waals surface area (Å²) in [5, 5.41) is 25.7. The summed E-state index contributed by atoms with van der Waals surface area (Å²) < 4.78 is 0. The van der Waals surface area contributed by atoms with Crippen LogP contribution in [0.15, 0.2) is 24.3 Å². The fraction of sp³-hybridized carbons (Fsp3) is 0.526. The fourth-order valence-corrected chi connectivity index (χ4v) is 4.67. The minimum absolute atomic E-state index is 0.00128. The number of likely N-dealkylation sites (tertiary alicyclic amines) is 1. The van der Waals surface area contributed by atoms with Gasteiger partial charge in [-0.1, -0.05) is 23.7 Å². The molecule has 2 aliphatic rings. The number of rotatable bonds is 7. The van der Waals surface area contributed by atoms with E-state index in [4.69, 9.17) is 11.6 Å². The fourth-order valence-electron chi connectivity index (χ4n) is 3.60. The van der Waals surface area contributed by atoms with Gasteiger partial charge < -0.3 is 20.4 Å². The van der Waals surface area contributed by atoms with E-state index in [2.05, 4.69) is 10.6 Å². The van der Waals surface area contributed by atoms with Gasteiger partial charge in [-0.25, -0.2) is 4.79 Å². The molecule has 3 rings (SSSR count). The molecule has 8 nitrogen and oxygen atoms in total. The summed E-state index contributed by atoms with van der Waals surface area (Å²) in [5.74, 6) is -0.534. The van der Waals surface area contributed by atoms with Crippen molar-refractivity contribution in [1.82, 2.24) is 15.5 Å². The number of carbonyl (C=O) groups excluding carboxylic acids is 2. The Kier molecular flexibility index (Phi) is 7.39. The van der Waals surface area contributed by atoms with Gasteiger partial charge in [-0.2, -0.15) is 0 Å². The molecule has 2 fully saturated rings. The number of β-amino-alcohol motifs (C(OH)–C–C–N with tert-alkyl or cyclic N) is 1. The van der Waals surface area contributed by atoms with Gasteiger partial charge >= 0.3 is 5.97 Å². The third kappa shape index (κ3) is 5.63. The number of hydrogen-bond acceptors (Lipinski definition) is 6. The number of aliphatic hydroxyl groups is 1. The number of nitrogens with zero attached hydrogens (tertiary/aromatic N) is 1. The highest BCUT2D eigenvalue weighted by Gasteiger charge is 2.39. The molecule has 29 heavy (non-hydrogen) atoms. The van der Waals surface area contributed by atoms with E-state index in [9.17, 15) is 24.6 Å². The third-order valence-electron chi connectivity index (χ3n) is 5.20. The molecule has 4 N–H and O–H groups in total. The van der Waals surface area contributed by atoms with Crippen molar-refractivity contribution in [2.24, 2.45) is 0 Å². The number of amides is 2. The van der Waals surface area contributed by atoms with Gasteiger partial charge in [0.2, 0.25) is 11.8 Å². The van der Waals surface area contributed by atoms with Crippen molar-refractivity contribution in [2.45, 2.75) is 36.9 Å². The van der Waals surface area contributed by atoms with Crippen molar-refractivity contribution in [3.63, 3.8) is 0 Å². The molecule has 1 aromatic carbocycles. The van der Waals surface area contributed by atoms with Gasteiger partial charge in [0.25, 0.3) is 0 Å². The van der Waals surface area contributed by atoms with Crippen LogP contribution < -0.4 is 10.6 Å². The molecule has 0 aromatic heterocycles. The number of benzene rings is 1. The van der Waals surface area contributed by atoms with Crippen molar-refractivity contribution in [1.29, 1.82) is 0 Å². The number of aliphatic carboxylic acids is 1. The standard InChI is InChI=1S/C19H24ClN3O5S/c20-13-3-1-11(2-4-13)12(7-21-18(26)15-9-29-10-22-15)5-17(25)23-8-14(24)6-16(23)19(27)28/h1-4,12,14-16,22,24H,5-10H2,(H,21,26)(H,27,28). The second-order valence-electron chi connectivity index (χ2n) is 7.26. The van der Waals surface area contributed by atoms with Crippen LogP contribution in [0.3, 0.4) is 0 Å². The van der Waals surface area contributed by atoms with Gasteiger partial charge in [-0.3, -0.25) is 14.9 Å². The average Bonchev–Trinajstić information content (AvgIpc) is 3.35. The lowest BCUT2D eigenvalue weighted by molar-refractivity contribution is -0.148. The van der Waals surface area contributed by atoms with Crippen LogP contribution in [-0.4, -0.2) is 75.8 Å². The number of aliphatic hydroxyl groups excluding tert-OH is 1. The highest BCUT2D eigenvalue weighted by molar-refractivity contribution is 7.99. The number of hydrogen-bond donors (Lipinski definition) is 4. The summed E-state index contributed by atoms with van der Waals surface area (Å²) in [7, 11) is 0. The average molecular weight is 442 g/mol. The topological polar surface area (TPSA) is 119 Å². The predicted molar refractivity (Wildman–Crippen MR) is 110 cm³/mol. The van der Waals surface area contributed by atoms with Crippen molar-refractivity contribution in [3.05, 3.63) is 34.9 Å². The molecular formula is C19H24ClN3O5S. The minimum atomic E-state index is -1.13. The Morgan fingerprint density at radius 3 is 2.66 bits per heavy atom. The maximum Gasteiger partial charge on any atom is 0.326 e. The second kappa shape index (κ2) is 9.80. The maximum atomic E-state index is 12.9. The van der Waals surface area contributed by atoms with Crippen LogP contribution in [0.25, 0.3) is 0 Å². The van der Waals surface area contributed by atoms with E-state index in [0.29, 0.717) is 10.8 Å². The predicted octanol–water partition coefficient (Wildman–Crippen LogP) is 0.639. The molecular weight excluding hydrogens is 418 g/mol. The molecule has 10 heteroatoms. The van der Waals surface area contributed by atoms with E-state index < -0.39 is 18.1 Å². The quantitative estimate of drug-likeness (QED) is 0.490. The number of nitrogens with one attached hydrogen (secondary N) is 2. The van der Waals surface area contributed by atoms with E-state index in [1.165, 1.54) is 4.90 Å². The Morgan fingerprint density at radius 1 is 1.31 bits per heavy atom. The smallest absolute Gasteiger partial charge is 0.326 e. The minimum Gasteiger partial charge on any atom is -0.480 e. The number of thioether (sulfide) groups is 1. The van der Waals surface area contributed by atoms with Crippen LogP contribution in [0.5, 0.6) is 0 Å². The van der Waals surface area contributed by atoms with E-state index in [0.717, 1.165) is 11.4 Å². The molecule has 0 bridgehead atoms. The molecule has 2 heterocycles. The van der Waals surface area contributed by atoms with E-state index in [1.807, 2.05) is 0 Å². The Labute approximate surface area is 178 Å². The monoisotopic (exact) mass is 441 g/mol. The molecule has 2 aliphatic heterocycles. The zero-order valence-corrected chi connectivity index (χ0v) is 17.3. The van der Waals surface area contributed by atoms with Crippen LogP contribution in [-0.2, 0) is 14.4 Å². The first-order valence-electron chi connectivity index (χ1n) is 9.39. The van der Waals surface area contributed by atoms with Crippen molar-refractivity contribution in [2.75, 3.05) is 24.7 Å². The number of halogens is 1. The summed E-state index contributed by atoms with van der Waals surface area (Å²) in [6.45, 7) is 0.238. The highest BCUT2D eigenvalue weighted by Crippen LogP contribution is 2.26. The van der Waals surface area contributed by atoms with Crippen molar-refractivity contribution < 1.29 is 24.6 Å². The van der Waals surface area contributed by atoms with Gasteiger partial charge in [-0.05, 0) is 17.7 Å². The molecule has 4 unspecified atom stereocenters. The molecule has 1 aromatic rings. The number of carboxylic acids is 1. The SMILES string of the molecule is O=C(NCC(CC(=O)N1CC(O)CC1C(=O)O)c1ccc(Cl)cc1)C1CSCN1. The Balaban J connectivity index is 1.70. The van der Waals surface area contributed by atoms with E-state index >= 15 is 0 Å². The maximum absolute atomic E-state index is 12.9. The lowest BCUT2D eigenvalue weighted by Crippen LogP contribution is -2.44. The highest BCUT2D eigenvalue weighted by atomic mass is 35.5. The second-order valence-corrected chi connectivity index (χ2v) is 8.73. The molecule has 0 spiro atoms. The zero-order valence-electron chi connectivity index (χ0n) is 15.7. The Hall–Kier alpha value is -1.81. The molecule has 0 aliphatic carbocycles. The van der Waals surface area contributed by atoms with Gasteiger partial charge in [-0.15, -0.1) is 11.8 Å². The lowest BCUT2D eigenvalue weighted by atomic mass is 9.94. The van der Waals surface area contributed by atoms with Gasteiger partial charge in [0.15, 0.2) is 0 Å². The van der Waals surface area contributed by atoms with Crippen molar-refractivity contribution in [3.8, 4) is 0 Å². The van der Waals surface area contributed by atoms with E-state index in [1.54, 1.807) is 36.0 Å². The van der Waals surface area contributed by atoms with Crippen LogP contribution in [0.1, 0.15) is 24.3 Å². The Morgan fingerprint density at radius 2 is 2.03 bits per heavy atom. The molecule has 2 saturated heterocycles. The van der Waals surface area contributed by atoms with Gasteiger partial charge in [0.1, 0.15) is 6.04 Å². The summed E-state index contributed by atoms with van der Waals surface area (Å²) in [6.07, 6.45) is -0.806. The van der Waals surface area contributed by atoms with Crippen LogP contribution >= 0.6 is 23.4 Å². The number of carboxylic acid groups (broad SMARTS) is 1. The first-order valence-corrected chi connectivity index (χ1v) is 10.9. The zero-order chi connectivity index (χ0) is 21.0. The van der Waals surface area contributed by atoms with E-state index in [-0.39, 0.29) is 49.7 Å². The van der Waals surface area contributed by atoms with Crippen molar-refractivity contribution >= 4 is 41.1 Å².